The van der Waals surface area contributed by atoms with Crippen molar-refractivity contribution in [1.29, 1.82) is 0 Å². The van der Waals surface area contributed by atoms with Crippen LogP contribution in [0.15, 0.2) is 30.5 Å². The Bertz CT molecular complexity index is 439. The SMILES string of the molecule is OCC(O)CNc1c[nH]c2ccccc12. The number of fused-ring (bicyclic) bond motifs is 1. The number of benzene rings is 1. The van der Waals surface area contributed by atoms with Gasteiger partial charge in [-0.15, -0.1) is 0 Å². The number of aliphatic hydroxyl groups is 2. The molecule has 1 aromatic heterocycles. The van der Waals surface area contributed by atoms with Gasteiger partial charge in [-0.3, -0.25) is 0 Å². The molecule has 0 aliphatic rings. The van der Waals surface area contributed by atoms with Crippen LogP contribution in [0, 0.1) is 0 Å². The third kappa shape index (κ3) is 2.11. The van der Waals surface area contributed by atoms with Crippen LogP contribution >= 0.6 is 0 Å². The number of H-pyrrole nitrogens is 1. The van der Waals surface area contributed by atoms with Crippen LogP contribution in [0.3, 0.4) is 0 Å². The number of hydrogen-bond acceptors (Lipinski definition) is 3. The van der Waals surface area contributed by atoms with E-state index in [-0.39, 0.29) is 6.61 Å². The van der Waals surface area contributed by atoms with E-state index in [0.29, 0.717) is 6.54 Å². The van der Waals surface area contributed by atoms with Crippen molar-refractivity contribution < 1.29 is 10.2 Å². The molecule has 15 heavy (non-hydrogen) atoms. The molecular weight excluding hydrogens is 192 g/mol. The molecule has 80 valence electrons. The van der Waals surface area contributed by atoms with Crippen LogP contribution < -0.4 is 5.32 Å². The van der Waals surface area contributed by atoms with Crippen LogP contribution in [0.5, 0.6) is 0 Å². The maximum absolute atomic E-state index is 9.21. The molecule has 2 aromatic rings. The van der Waals surface area contributed by atoms with Gasteiger partial charge in [0.25, 0.3) is 0 Å². The second kappa shape index (κ2) is 4.33. The highest BCUT2D eigenvalue weighted by atomic mass is 16.3. The molecule has 0 amide bonds. The predicted molar refractivity (Wildman–Crippen MR) is 59.9 cm³/mol. The molecule has 0 aliphatic heterocycles. The Hall–Kier alpha value is -1.52. The first-order chi connectivity index (χ1) is 7.31. The summed E-state index contributed by atoms with van der Waals surface area (Å²) >= 11 is 0. The minimum Gasteiger partial charge on any atom is -0.394 e. The maximum Gasteiger partial charge on any atom is 0.0942 e. The third-order valence-electron chi connectivity index (χ3n) is 2.33. The molecule has 1 unspecified atom stereocenters. The summed E-state index contributed by atoms with van der Waals surface area (Å²) in [6.45, 7) is 0.119. The minimum absolute atomic E-state index is 0.227. The summed E-state index contributed by atoms with van der Waals surface area (Å²) in [5.74, 6) is 0. The van der Waals surface area contributed by atoms with Crippen molar-refractivity contribution in [2.45, 2.75) is 6.10 Å². The number of nitrogens with one attached hydrogen (secondary N) is 2. The van der Waals surface area contributed by atoms with Crippen LogP contribution in [0.2, 0.25) is 0 Å². The van der Waals surface area contributed by atoms with Gasteiger partial charge in [0.15, 0.2) is 0 Å². The summed E-state index contributed by atoms with van der Waals surface area (Å²) in [6.07, 6.45) is 1.13. The number of para-hydroxylation sites is 1. The Morgan fingerprint density at radius 1 is 1.33 bits per heavy atom. The highest BCUT2D eigenvalue weighted by molar-refractivity contribution is 5.92. The standard InChI is InChI=1S/C11H14N2O2/c14-7-8(15)5-12-11-6-13-10-4-2-1-3-9(10)11/h1-4,6,8,12-15H,5,7H2. The number of aromatic nitrogens is 1. The number of hydrogen-bond donors (Lipinski definition) is 4. The van der Waals surface area contributed by atoms with E-state index in [1.54, 1.807) is 0 Å². The van der Waals surface area contributed by atoms with Crippen LogP contribution in [0.1, 0.15) is 0 Å². The van der Waals surface area contributed by atoms with E-state index in [0.717, 1.165) is 16.6 Å². The lowest BCUT2D eigenvalue weighted by Crippen LogP contribution is -2.22. The third-order valence-corrected chi connectivity index (χ3v) is 2.33. The molecule has 0 radical (unpaired) electrons. The predicted octanol–water partition coefficient (Wildman–Crippen LogP) is 0.933. The van der Waals surface area contributed by atoms with Crippen molar-refractivity contribution in [1.82, 2.24) is 4.98 Å². The summed E-state index contributed by atoms with van der Waals surface area (Å²) < 4.78 is 0. The molecule has 0 aliphatic carbocycles. The molecule has 0 spiro atoms. The van der Waals surface area contributed by atoms with Crippen molar-refractivity contribution in [3.8, 4) is 0 Å². The fraction of sp³-hybridized carbons (Fsp3) is 0.273. The lowest BCUT2D eigenvalue weighted by Gasteiger charge is -2.08. The summed E-state index contributed by atoms with van der Waals surface area (Å²) in [5.41, 5.74) is 2.00. The van der Waals surface area contributed by atoms with Gasteiger partial charge in [0, 0.05) is 23.6 Å². The van der Waals surface area contributed by atoms with Gasteiger partial charge >= 0.3 is 0 Å². The molecule has 1 heterocycles. The summed E-state index contributed by atoms with van der Waals surface area (Å²) in [4.78, 5) is 3.12. The number of anilines is 1. The molecule has 0 fully saturated rings. The van der Waals surface area contributed by atoms with Gasteiger partial charge in [-0.25, -0.2) is 0 Å². The van der Waals surface area contributed by atoms with E-state index >= 15 is 0 Å². The monoisotopic (exact) mass is 206 g/mol. The van der Waals surface area contributed by atoms with E-state index in [1.165, 1.54) is 0 Å². The number of aromatic amines is 1. The van der Waals surface area contributed by atoms with Gasteiger partial charge in [-0.05, 0) is 6.07 Å². The number of rotatable bonds is 4. The van der Waals surface area contributed by atoms with Crippen LogP contribution in [0.25, 0.3) is 10.9 Å². The molecule has 0 saturated carbocycles. The first-order valence-corrected chi connectivity index (χ1v) is 4.90. The van der Waals surface area contributed by atoms with Gasteiger partial charge in [0.2, 0.25) is 0 Å². The van der Waals surface area contributed by atoms with Crippen molar-refractivity contribution in [2.75, 3.05) is 18.5 Å². The zero-order chi connectivity index (χ0) is 10.7. The van der Waals surface area contributed by atoms with Crippen LogP contribution in [0.4, 0.5) is 5.69 Å². The van der Waals surface area contributed by atoms with Gasteiger partial charge in [-0.1, -0.05) is 18.2 Å². The molecule has 0 bridgehead atoms. The Balaban J connectivity index is 2.14. The highest BCUT2D eigenvalue weighted by Gasteiger charge is 2.04. The van der Waals surface area contributed by atoms with E-state index in [1.807, 2.05) is 30.5 Å². The molecule has 4 N–H and O–H groups in total. The van der Waals surface area contributed by atoms with E-state index in [4.69, 9.17) is 5.11 Å². The fourth-order valence-corrected chi connectivity index (χ4v) is 1.51. The summed E-state index contributed by atoms with van der Waals surface area (Å²) in [7, 11) is 0. The molecule has 4 nitrogen and oxygen atoms in total. The van der Waals surface area contributed by atoms with Crippen molar-refractivity contribution in [3.05, 3.63) is 30.5 Å². The zero-order valence-corrected chi connectivity index (χ0v) is 8.27. The van der Waals surface area contributed by atoms with Crippen LogP contribution in [-0.2, 0) is 0 Å². The fourth-order valence-electron chi connectivity index (χ4n) is 1.51. The molecule has 1 atom stereocenters. The van der Waals surface area contributed by atoms with Crippen molar-refractivity contribution in [2.24, 2.45) is 0 Å². The Labute approximate surface area is 87.6 Å². The lowest BCUT2D eigenvalue weighted by atomic mass is 10.2. The second-order valence-electron chi connectivity index (χ2n) is 3.47. The smallest absolute Gasteiger partial charge is 0.0942 e. The average molecular weight is 206 g/mol. The zero-order valence-electron chi connectivity index (χ0n) is 8.27. The Morgan fingerprint density at radius 3 is 2.93 bits per heavy atom. The Morgan fingerprint density at radius 2 is 2.13 bits per heavy atom. The van der Waals surface area contributed by atoms with E-state index < -0.39 is 6.10 Å². The average Bonchev–Trinajstić information content (AvgIpc) is 2.69. The molecule has 0 saturated heterocycles. The Kier molecular flexibility index (Phi) is 2.89. The topological polar surface area (TPSA) is 68.3 Å². The molecule has 2 rings (SSSR count). The molecular formula is C11H14N2O2. The van der Waals surface area contributed by atoms with Gasteiger partial charge in [-0.2, -0.15) is 0 Å². The summed E-state index contributed by atoms with van der Waals surface area (Å²) in [6, 6.07) is 7.91. The highest BCUT2D eigenvalue weighted by Crippen LogP contribution is 2.22. The van der Waals surface area contributed by atoms with Gasteiger partial charge in [0.05, 0.1) is 18.4 Å². The molecule has 1 aromatic carbocycles. The van der Waals surface area contributed by atoms with Crippen LogP contribution in [-0.4, -0.2) is 34.5 Å². The normalized spacial score (nSPS) is 12.9. The second-order valence-corrected chi connectivity index (χ2v) is 3.47. The van der Waals surface area contributed by atoms with Gasteiger partial charge in [0.1, 0.15) is 0 Å². The molecule has 4 heteroatoms. The summed E-state index contributed by atoms with van der Waals surface area (Å²) in [5, 5.41) is 22.0. The largest absolute Gasteiger partial charge is 0.394 e. The van der Waals surface area contributed by atoms with Crippen molar-refractivity contribution >= 4 is 16.6 Å². The lowest BCUT2D eigenvalue weighted by molar-refractivity contribution is 0.105. The number of aliphatic hydroxyl groups excluding tert-OH is 2. The van der Waals surface area contributed by atoms with E-state index in [9.17, 15) is 5.11 Å². The van der Waals surface area contributed by atoms with E-state index in [2.05, 4.69) is 10.3 Å². The van der Waals surface area contributed by atoms with Crippen molar-refractivity contribution in [3.63, 3.8) is 0 Å². The first kappa shape index (κ1) is 10.0. The minimum atomic E-state index is -0.723. The van der Waals surface area contributed by atoms with Gasteiger partial charge < -0.3 is 20.5 Å². The maximum atomic E-state index is 9.21. The first-order valence-electron chi connectivity index (χ1n) is 4.90. The quantitative estimate of drug-likeness (QED) is 0.601.